The molecule has 60 valence electrons. The lowest BCUT2D eigenvalue weighted by molar-refractivity contribution is -0.155. The van der Waals surface area contributed by atoms with Gasteiger partial charge in [-0.15, -0.1) is 0 Å². The minimum atomic E-state index is 0.0153. The van der Waals surface area contributed by atoms with Crippen molar-refractivity contribution in [1.82, 2.24) is 5.48 Å². The fraction of sp³-hybridized carbons (Fsp3) is 0.625. The zero-order chi connectivity index (χ0) is 7.68. The molecule has 1 aliphatic carbocycles. The van der Waals surface area contributed by atoms with E-state index in [1.54, 1.807) is 0 Å². The van der Waals surface area contributed by atoms with Crippen molar-refractivity contribution in [2.45, 2.75) is 25.4 Å². The molecule has 1 amide bonds. The van der Waals surface area contributed by atoms with E-state index >= 15 is 0 Å². The number of carbonyl (C=O) groups excluding carboxylic acids is 1. The van der Waals surface area contributed by atoms with Crippen LogP contribution in [0.2, 0.25) is 0 Å². The zero-order valence-electron chi connectivity index (χ0n) is 6.25. The second-order valence-corrected chi connectivity index (χ2v) is 3.09. The first kappa shape index (κ1) is 6.85. The van der Waals surface area contributed by atoms with Crippen LogP contribution in [0.15, 0.2) is 12.2 Å². The van der Waals surface area contributed by atoms with E-state index in [4.69, 9.17) is 4.84 Å². The molecule has 0 aromatic heterocycles. The van der Waals surface area contributed by atoms with Crippen LogP contribution in [0.4, 0.5) is 0 Å². The molecule has 11 heavy (non-hydrogen) atoms. The Morgan fingerprint density at radius 2 is 2.27 bits per heavy atom. The van der Waals surface area contributed by atoms with Crippen molar-refractivity contribution in [2.75, 3.05) is 0 Å². The number of hydroxylamine groups is 1. The van der Waals surface area contributed by atoms with Crippen LogP contribution in [0.25, 0.3) is 0 Å². The van der Waals surface area contributed by atoms with Crippen LogP contribution in [0.1, 0.15) is 19.3 Å². The van der Waals surface area contributed by atoms with Gasteiger partial charge in [0.15, 0.2) is 0 Å². The number of carbonyl (C=O) groups is 1. The van der Waals surface area contributed by atoms with Gasteiger partial charge in [0.2, 0.25) is 5.91 Å². The normalized spacial score (nSPS) is 36.2. The number of hydrogen-bond donors (Lipinski definition) is 1. The van der Waals surface area contributed by atoms with E-state index in [0.29, 0.717) is 12.3 Å². The third-order valence-electron chi connectivity index (χ3n) is 2.27. The van der Waals surface area contributed by atoms with Crippen molar-refractivity contribution in [1.29, 1.82) is 0 Å². The quantitative estimate of drug-likeness (QED) is 0.522. The van der Waals surface area contributed by atoms with Gasteiger partial charge in [-0.1, -0.05) is 12.2 Å². The summed E-state index contributed by atoms with van der Waals surface area (Å²) in [5, 5.41) is 0. The fourth-order valence-electron chi connectivity index (χ4n) is 1.63. The molecule has 0 radical (unpaired) electrons. The van der Waals surface area contributed by atoms with Gasteiger partial charge in [0, 0.05) is 12.3 Å². The molecule has 2 atom stereocenters. The van der Waals surface area contributed by atoms with E-state index in [2.05, 4.69) is 17.6 Å². The molecule has 0 aromatic carbocycles. The van der Waals surface area contributed by atoms with E-state index < -0.39 is 0 Å². The summed E-state index contributed by atoms with van der Waals surface area (Å²) < 4.78 is 0. The summed E-state index contributed by atoms with van der Waals surface area (Å²) in [7, 11) is 0. The van der Waals surface area contributed by atoms with Crippen molar-refractivity contribution in [2.24, 2.45) is 5.92 Å². The van der Waals surface area contributed by atoms with Crippen molar-refractivity contribution in [3.63, 3.8) is 0 Å². The van der Waals surface area contributed by atoms with Crippen LogP contribution in [-0.2, 0) is 9.63 Å². The Balaban J connectivity index is 2.06. The van der Waals surface area contributed by atoms with Crippen LogP contribution in [0.5, 0.6) is 0 Å². The van der Waals surface area contributed by atoms with Gasteiger partial charge >= 0.3 is 0 Å². The molecule has 0 bridgehead atoms. The van der Waals surface area contributed by atoms with Gasteiger partial charge in [0.25, 0.3) is 0 Å². The summed E-state index contributed by atoms with van der Waals surface area (Å²) in [5.74, 6) is 0.426. The van der Waals surface area contributed by atoms with Gasteiger partial charge in [-0.05, 0) is 12.8 Å². The summed E-state index contributed by atoms with van der Waals surface area (Å²) in [6.07, 6.45) is 7.00. The predicted octanol–water partition coefficient (Wildman–Crippen LogP) is 0.773. The first-order valence-corrected chi connectivity index (χ1v) is 3.96. The van der Waals surface area contributed by atoms with Gasteiger partial charge in [0.1, 0.15) is 0 Å². The lowest BCUT2D eigenvalue weighted by Crippen LogP contribution is -2.42. The lowest BCUT2D eigenvalue weighted by atomic mass is 9.88. The average molecular weight is 153 g/mol. The van der Waals surface area contributed by atoms with E-state index in [0.717, 1.165) is 12.8 Å². The van der Waals surface area contributed by atoms with E-state index in [1.165, 1.54) is 0 Å². The van der Waals surface area contributed by atoms with Crippen molar-refractivity contribution in [3.8, 4) is 0 Å². The predicted molar refractivity (Wildman–Crippen MR) is 39.5 cm³/mol. The first-order chi connectivity index (χ1) is 5.36. The SMILES string of the molecule is O=C1CC2CC=CCC2ON1. The number of nitrogens with one attached hydrogen (secondary N) is 1. The molecule has 3 heteroatoms. The van der Waals surface area contributed by atoms with Gasteiger partial charge in [0.05, 0.1) is 6.10 Å². The maximum absolute atomic E-state index is 10.9. The molecule has 1 aliphatic heterocycles. The van der Waals surface area contributed by atoms with Crippen LogP contribution >= 0.6 is 0 Å². The van der Waals surface area contributed by atoms with E-state index in [1.807, 2.05) is 0 Å². The minimum absolute atomic E-state index is 0.0153. The molecule has 1 fully saturated rings. The van der Waals surface area contributed by atoms with Crippen molar-refractivity contribution in [3.05, 3.63) is 12.2 Å². The molecule has 1 saturated heterocycles. The first-order valence-electron chi connectivity index (χ1n) is 3.96. The summed E-state index contributed by atoms with van der Waals surface area (Å²) in [4.78, 5) is 16.0. The number of amides is 1. The van der Waals surface area contributed by atoms with Crippen molar-refractivity contribution >= 4 is 5.91 Å². The second kappa shape index (κ2) is 2.66. The highest BCUT2D eigenvalue weighted by atomic mass is 16.7. The standard InChI is InChI=1S/C8H11NO2/c10-8-5-6-3-1-2-4-7(6)11-9-8/h1-2,6-7H,3-5H2,(H,9,10). The summed E-state index contributed by atoms with van der Waals surface area (Å²) in [6.45, 7) is 0. The molecule has 0 aromatic rings. The summed E-state index contributed by atoms with van der Waals surface area (Å²) >= 11 is 0. The van der Waals surface area contributed by atoms with Crippen molar-refractivity contribution < 1.29 is 9.63 Å². The topological polar surface area (TPSA) is 38.3 Å². The maximum Gasteiger partial charge on any atom is 0.243 e. The molecule has 1 heterocycles. The molecule has 0 saturated carbocycles. The molecule has 2 unspecified atom stereocenters. The van der Waals surface area contributed by atoms with Crippen LogP contribution in [0.3, 0.4) is 0 Å². The second-order valence-electron chi connectivity index (χ2n) is 3.09. The Labute approximate surface area is 65.4 Å². The monoisotopic (exact) mass is 153 g/mol. The highest BCUT2D eigenvalue weighted by Crippen LogP contribution is 2.26. The molecule has 1 N–H and O–H groups in total. The maximum atomic E-state index is 10.9. The summed E-state index contributed by atoms with van der Waals surface area (Å²) in [5.41, 5.74) is 2.41. The van der Waals surface area contributed by atoms with Crippen LogP contribution < -0.4 is 5.48 Å². The van der Waals surface area contributed by atoms with Gasteiger partial charge < -0.3 is 0 Å². The number of hydrogen-bond acceptors (Lipinski definition) is 2. The average Bonchev–Trinajstić information content (AvgIpc) is 2.04. The Bertz CT molecular complexity index is 200. The third-order valence-corrected chi connectivity index (χ3v) is 2.27. The van der Waals surface area contributed by atoms with Crippen LogP contribution in [-0.4, -0.2) is 12.0 Å². The fourth-order valence-corrected chi connectivity index (χ4v) is 1.63. The minimum Gasteiger partial charge on any atom is -0.273 e. The third kappa shape index (κ3) is 1.28. The zero-order valence-corrected chi connectivity index (χ0v) is 6.25. The molecular formula is C8H11NO2. The van der Waals surface area contributed by atoms with E-state index in [-0.39, 0.29) is 12.0 Å². The Morgan fingerprint density at radius 3 is 3.18 bits per heavy atom. The van der Waals surface area contributed by atoms with Gasteiger partial charge in [-0.2, -0.15) is 0 Å². The molecule has 3 nitrogen and oxygen atoms in total. The Morgan fingerprint density at radius 1 is 1.45 bits per heavy atom. The van der Waals surface area contributed by atoms with Gasteiger partial charge in [-0.3, -0.25) is 9.63 Å². The van der Waals surface area contributed by atoms with Crippen LogP contribution in [0, 0.1) is 5.92 Å². The number of allylic oxidation sites excluding steroid dienone is 1. The number of rotatable bonds is 0. The highest BCUT2D eigenvalue weighted by Gasteiger charge is 2.30. The largest absolute Gasteiger partial charge is 0.273 e. The smallest absolute Gasteiger partial charge is 0.243 e. The summed E-state index contributed by atoms with van der Waals surface area (Å²) in [6, 6.07) is 0. The van der Waals surface area contributed by atoms with E-state index in [9.17, 15) is 4.79 Å². The molecule has 0 spiro atoms. The highest BCUT2D eigenvalue weighted by molar-refractivity contribution is 5.75. The molecule has 2 rings (SSSR count). The Hall–Kier alpha value is -0.830. The lowest BCUT2D eigenvalue weighted by Gasteiger charge is -2.31. The Kier molecular flexibility index (Phi) is 1.66. The number of fused-ring (bicyclic) bond motifs is 1. The molecule has 2 aliphatic rings. The molecular weight excluding hydrogens is 142 g/mol. The van der Waals surface area contributed by atoms with Gasteiger partial charge in [-0.25, -0.2) is 5.48 Å².